The van der Waals surface area contributed by atoms with Gasteiger partial charge in [-0.3, -0.25) is 0 Å². The monoisotopic (exact) mass is 241 g/mol. The zero-order valence-corrected chi connectivity index (χ0v) is 10.5. The predicted molar refractivity (Wildman–Crippen MR) is 65.5 cm³/mol. The Morgan fingerprint density at radius 2 is 2.12 bits per heavy atom. The van der Waals surface area contributed by atoms with Crippen molar-refractivity contribution in [2.45, 2.75) is 26.5 Å². The Morgan fingerprint density at radius 1 is 1.41 bits per heavy atom. The van der Waals surface area contributed by atoms with Crippen LogP contribution in [0.4, 0.5) is 4.39 Å². The van der Waals surface area contributed by atoms with Crippen LogP contribution in [-0.2, 0) is 6.54 Å². The molecule has 96 valence electrons. The van der Waals surface area contributed by atoms with Crippen molar-refractivity contribution in [1.29, 1.82) is 0 Å². The fraction of sp³-hybridized carbons (Fsp3) is 0.538. The van der Waals surface area contributed by atoms with Gasteiger partial charge in [-0.2, -0.15) is 0 Å². The van der Waals surface area contributed by atoms with E-state index in [1.807, 2.05) is 13.8 Å². The summed E-state index contributed by atoms with van der Waals surface area (Å²) in [5, 5.41) is 12.6. The molecule has 0 saturated heterocycles. The van der Waals surface area contributed by atoms with Crippen molar-refractivity contribution in [3.63, 3.8) is 0 Å². The number of benzene rings is 1. The molecule has 1 rings (SSSR count). The maximum absolute atomic E-state index is 13.7. The Hall–Kier alpha value is -1.13. The lowest BCUT2D eigenvalue weighted by molar-refractivity contribution is 0.123. The topological polar surface area (TPSA) is 41.5 Å². The van der Waals surface area contributed by atoms with E-state index in [4.69, 9.17) is 4.74 Å². The molecular formula is C13H20FNO2. The second kappa shape index (κ2) is 6.57. The van der Waals surface area contributed by atoms with Crippen LogP contribution in [0.15, 0.2) is 18.2 Å². The van der Waals surface area contributed by atoms with E-state index in [-0.39, 0.29) is 17.5 Å². The summed E-state index contributed by atoms with van der Waals surface area (Å²) in [6.07, 6.45) is -0.413. The maximum Gasteiger partial charge on any atom is 0.169 e. The van der Waals surface area contributed by atoms with E-state index in [0.717, 1.165) is 0 Å². The SMILES string of the molecule is COc1cccc(CNCC(O)C(C)C)c1F. The number of hydrogen-bond acceptors (Lipinski definition) is 3. The van der Waals surface area contributed by atoms with Crippen LogP contribution in [0.25, 0.3) is 0 Å². The number of methoxy groups -OCH3 is 1. The Labute approximate surface area is 102 Å². The first-order chi connectivity index (χ1) is 8.06. The van der Waals surface area contributed by atoms with Crippen LogP contribution in [0, 0.1) is 11.7 Å². The van der Waals surface area contributed by atoms with Crippen LogP contribution < -0.4 is 10.1 Å². The largest absolute Gasteiger partial charge is 0.494 e. The van der Waals surface area contributed by atoms with Gasteiger partial charge in [-0.25, -0.2) is 4.39 Å². The Bertz CT molecular complexity index is 355. The van der Waals surface area contributed by atoms with Gasteiger partial charge in [0.15, 0.2) is 11.6 Å². The number of hydrogen-bond donors (Lipinski definition) is 2. The lowest BCUT2D eigenvalue weighted by Crippen LogP contribution is -2.30. The fourth-order valence-electron chi connectivity index (χ4n) is 1.44. The molecule has 0 bridgehead atoms. The minimum atomic E-state index is -0.413. The van der Waals surface area contributed by atoms with E-state index in [9.17, 15) is 9.50 Å². The molecule has 1 unspecified atom stereocenters. The summed E-state index contributed by atoms with van der Waals surface area (Å²) in [5.74, 6) is 0.0906. The third kappa shape index (κ3) is 3.98. The van der Waals surface area contributed by atoms with Crippen LogP contribution in [-0.4, -0.2) is 24.9 Å². The number of halogens is 1. The summed E-state index contributed by atoms with van der Waals surface area (Å²) >= 11 is 0. The first kappa shape index (κ1) is 13.9. The highest BCUT2D eigenvalue weighted by molar-refractivity contribution is 5.30. The zero-order valence-electron chi connectivity index (χ0n) is 10.5. The summed E-state index contributed by atoms with van der Waals surface area (Å²) in [4.78, 5) is 0. The summed E-state index contributed by atoms with van der Waals surface area (Å²) in [6.45, 7) is 4.72. The molecule has 1 atom stereocenters. The van der Waals surface area contributed by atoms with Crippen molar-refractivity contribution in [3.05, 3.63) is 29.6 Å². The Morgan fingerprint density at radius 3 is 2.71 bits per heavy atom. The molecule has 0 radical (unpaired) electrons. The zero-order chi connectivity index (χ0) is 12.8. The minimum Gasteiger partial charge on any atom is -0.494 e. The van der Waals surface area contributed by atoms with Crippen molar-refractivity contribution in [2.75, 3.05) is 13.7 Å². The average Bonchev–Trinajstić information content (AvgIpc) is 2.31. The van der Waals surface area contributed by atoms with E-state index in [1.54, 1.807) is 18.2 Å². The molecule has 4 heteroatoms. The molecule has 3 nitrogen and oxygen atoms in total. The second-order valence-electron chi connectivity index (χ2n) is 4.38. The third-order valence-corrected chi connectivity index (χ3v) is 2.70. The van der Waals surface area contributed by atoms with Gasteiger partial charge >= 0.3 is 0 Å². The van der Waals surface area contributed by atoms with Gasteiger partial charge in [0, 0.05) is 18.7 Å². The van der Waals surface area contributed by atoms with Crippen molar-refractivity contribution in [1.82, 2.24) is 5.32 Å². The maximum atomic E-state index is 13.7. The first-order valence-corrected chi connectivity index (χ1v) is 5.76. The van der Waals surface area contributed by atoms with E-state index in [0.29, 0.717) is 18.7 Å². The summed E-state index contributed by atoms with van der Waals surface area (Å²) < 4.78 is 18.6. The second-order valence-corrected chi connectivity index (χ2v) is 4.38. The molecule has 0 heterocycles. The quantitative estimate of drug-likeness (QED) is 0.799. The number of ether oxygens (including phenoxy) is 1. The van der Waals surface area contributed by atoms with Gasteiger partial charge in [0.05, 0.1) is 13.2 Å². The van der Waals surface area contributed by atoms with Crippen LogP contribution >= 0.6 is 0 Å². The number of rotatable bonds is 6. The van der Waals surface area contributed by atoms with Crippen LogP contribution in [0.1, 0.15) is 19.4 Å². The third-order valence-electron chi connectivity index (χ3n) is 2.70. The molecule has 0 amide bonds. The number of aliphatic hydroxyl groups excluding tert-OH is 1. The standard InChI is InChI=1S/C13H20FNO2/c1-9(2)11(16)8-15-7-10-5-4-6-12(17-3)13(10)14/h4-6,9,11,15-16H,7-8H2,1-3H3. The summed E-state index contributed by atoms with van der Waals surface area (Å²) in [7, 11) is 1.44. The van der Waals surface area contributed by atoms with Gasteiger partial charge < -0.3 is 15.2 Å². The molecule has 0 aliphatic carbocycles. The lowest BCUT2D eigenvalue weighted by atomic mass is 10.1. The Kier molecular flexibility index (Phi) is 5.38. The molecule has 0 saturated carbocycles. The van der Waals surface area contributed by atoms with E-state index < -0.39 is 6.10 Å². The summed E-state index contributed by atoms with van der Waals surface area (Å²) in [5.41, 5.74) is 0.542. The number of nitrogens with one attached hydrogen (secondary N) is 1. The highest BCUT2D eigenvalue weighted by Gasteiger charge is 2.10. The highest BCUT2D eigenvalue weighted by Crippen LogP contribution is 2.19. The number of aliphatic hydroxyl groups is 1. The molecule has 0 aliphatic rings. The molecule has 1 aromatic rings. The van der Waals surface area contributed by atoms with Gasteiger partial charge in [-0.1, -0.05) is 26.0 Å². The van der Waals surface area contributed by atoms with Gasteiger partial charge in [-0.15, -0.1) is 0 Å². The van der Waals surface area contributed by atoms with E-state index >= 15 is 0 Å². The molecule has 0 fully saturated rings. The van der Waals surface area contributed by atoms with E-state index in [2.05, 4.69) is 5.32 Å². The first-order valence-electron chi connectivity index (χ1n) is 5.76. The van der Waals surface area contributed by atoms with Gasteiger partial charge in [0.1, 0.15) is 0 Å². The van der Waals surface area contributed by atoms with Gasteiger partial charge in [0.2, 0.25) is 0 Å². The molecule has 0 aromatic heterocycles. The lowest BCUT2D eigenvalue weighted by Gasteiger charge is -2.15. The van der Waals surface area contributed by atoms with Crippen molar-refractivity contribution in [2.24, 2.45) is 5.92 Å². The molecular weight excluding hydrogens is 221 g/mol. The van der Waals surface area contributed by atoms with Crippen molar-refractivity contribution < 1.29 is 14.2 Å². The highest BCUT2D eigenvalue weighted by atomic mass is 19.1. The average molecular weight is 241 g/mol. The van der Waals surface area contributed by atoms with Crippen LogP contribution in [0.3, 0.4) is 0 Å². The van der Waals surface area contributed by atoms with Crippen molar-refractivity contribution >= 4 is 0 Å². The van der Waals surface area contributed by atoms with Crippen molar-refractivity contribution in [3.8, 4) is 5.75 Å². The molecule has 0 spiro atoms. The van der Waals surface area contributed by atoms with Gasteiger partial charge in [0.25, 0.3) is 0 Å². The minimum absolute atomic E-state index is 0.192. The molecule has 1 aromatic carbocycles. The molecule has 17 heavy (non-hydrogen) atoms. The van der Waals surface area contributed by atoms with Crippen LogP contribution in [0.5, 0.6) is 5.75 Å². The smallest absolute Gasteiger partial charge is 0.169 e. The molecule has 0 aliphatic heterocycles. The normalized spacial score (nSPS) is 12.8. The fourth-order valence-corrected chi connectivity index (χ4v) is 1.44. The molecule has 2 N–H and O–H groups in total. The van der Waals surface area contributed by atoms with Crippen LogP contribution in [0.2, 0.25) is 0 Å². The van der Waals surface area contributed by atoms with Gasteiger partial charge in [-0.05, 0) is 12.0 Å². The Balaban J connectivity index is 2.52. The van der Waals surface area contributed by atoms with E-state index in [1.165, 1.54) is 7.11 Å². The summed E-state index contributed by atoms with van der Waals surface area (Å²) in [6, 6.07) is 5.03. The predicted octanol–water partition coefficient (Wildman–Crippen LogP) is 1.94.